The lowest BCUT2D eigenvalue weighted by Crippen LogP contribution is -2.32. The van der Waals surface area contributed by atoms with Gasteiger partial charge < -0.3 is 11.5 Å². The van der Waals surface area contributed by atoms with Crippen molar-refractivity contribution in [2.24, 2.45) is 11.5 Å². The van der Waals surface area contributed by atoms with Gasteiger partial charge in [-0.3, -0.25) is 4.79 Å². The van der Waals surface area contributed by atoms with Crippen molar-refractivity contribution in [3.8, 4) is 11.1 Å². The number of hydrogen-bond acceptors (Lipinski definition) is 3. The van der Waals surface area contributed by atoms with E-state index < -0.39 is 0 Å². The molecule has 2 atom stereocenters. The smallest absolute Gasteiger partial charge is 0.232 e. The second-order valence-corrected chi connectivity index (χ2v) is 5.77. The zero-order valence-corrected chi connectivity index (χ0v) is 11.1. The Morgan fingerprint density at radius 1 is 1.05 bits per heavy atom. The predicted molar refractivity (Wildman–Crippen MR) is 77.6 cm³/mol. The molecular formula is C15H14N2OS. The van der Waals surface area contributed by atoms with Crippen LogP contribution in [0.25, 0.3) is 11.1 Å². The number of benzene rings is 2. The van der Waals surface area contributed by atoms with Crippen molar-refractivity contribution in [3.63, 3.8) is 0 Å². The Morgan fingerprint density at radius 2 is 1.79 bits per heavy atom. The van der Waals surface area contributed by atoms with E-state index in [2.05, 4.69) is 24.3 Å². The van der Waals surface area contributed by atoms with Gasteiger partial charge in [0.05, 0.1) is 6.04 Å². The number of amides is 1. The van der Waals surface area contributed by atoms with Crippen LogP contribution in [0.2, 0.25) is 0 Å². The van der Waals surface area contributed by atoms with E-state index in [1.165, 1.54) is 11.8 Å². The lowest BCUT2D eigenvalue weighted by Gasteiger charge is -2.11. The summed E-state index contributed by atoms with van der Waals surface area (Å²) in [5.74, 6) is -0.352. The summed E-state index contributed by atoms with van der Waals surface area (Å²) in [6, 6.07) is 15.9. The van der Waals surface area contributed by atoms with Gasteiger partial charge in [-0.15, -0.1) is 11.8 Å². The number of nitrogens with two attached hydrogens (primary N) is 2. The molecule has 1 heterocycles. The van der Waals surface area contributed by atoms with E-state index in [4.69, 9.17) is 11.5 Å². The summed E-state index contributed by atoms with van der Waals surface area (Å²) in [5, 5.41) is -0.360. The molecule has 0 fully saturated rings. The van der Waals surface area contributed by atoms with Crippen molar-refractivity contribution >= 4 is 17.7 Å². The van der Waals surface area contributed by atoms with Gasteiger partial charge in [-0.25, -0.2) is 0 Å². The number of carbonyl (C=O) groups excluding carboxylic acids is 1. The van der Waals surface area contributed by atoms with Crippen LogP contribution in [0.15, 0.2) is 53.4 Å². The van der Waals surface area contributed by atoms with Crippen LogP contribution in [-0.2, 0) is 4.79 Å². The molecule has 0 radical (unpaired) electrons. The largest absolute Gasteiger partial charge is 0.369 e. The van der Waals surface area contributed by atoms with E-state index in [0.717, 1.165) is 21.6 Å². The van der Waals surface area contributed by atoms with E-state index in [-0.39, 0.29) is 17.2 Å². The van der Waals surface area contributed by atoms with Crippen molar-refractivity contribution in [2.75, 3.05) is 0 Å². The average Bonchev–Trinajstić information content (AvgIpc) is 2.77. The van der Waals surface area contributed by atoms with Crippen LogP contribution in [0.4, 0.5) is 0 Å². The van der Waals surface area contributed by atoms with E-state index in [1.807, 2.05) is 24.3 Å². The van der Waals surface area contributed by atoms with Gasteiger partial charge in [0, 0.05) is 4.90 Å². The van der Waals surface area contributed by atoms with Crippen molar-refractivity contribution in [3.05, 3.63) is 54.1 Å². The zero-order valence-electron chi connectivity index (χ0n) is 10.2. The zero-order chi connectivity index (χ0) is 13.4. The maximum atomic E-state index is 11.4. The van der Waals surface area contributed by atoms with Gasteiger partial charge in [-0.05, 0) is 28.8 Å². The SMILES string of the molecule is NC(=O)C1Sc2ccc(-c3ccccc3)cc2C1N. The number of thioether (sulfide) groups is 1. The van der Waals surface area contributed by atoms with E-state index in [0.29, 0.717) is 0 Å². The van der Waals surface area contributed by atoms with Crippen LogP contribution in [0.3, 0.4) is 0 Å². The number of fused-ring (bicyclic) bond motifs is 1. The molecule has 0 aromatic heterocycles. The Hall–Kier alpha value is -1.78. The number of hydrogen-bond donors (Lipinski definition) is 2. The Balaban J connectivity index is 2.01. The van der Waals surface area contributed by atoms with Crippen LogP contribution in [0.1, 0.15) is 11.6 Å². The minimum absolute atomic E-state index is 0.318. The molecule has 0 spiro atoms. The summed E-state index contributed by atoms with van der Waals surface area (Å²) in [4.78, 5) is 12.4. The first-order valence-corrected chi connectivity index (χ1v) is 6.96. The maximum Gasteiger partial charge on any atom is 0.232 e. The van der Waals surface area contributed by atoms with E-state index >= 15 is 0 Å². The normalized spacial score (nSPS) is 21.1. The second kappa shape index (κ2) is 4.72. The molecule has 96 valence electrons. The average molecular weight is 270 g/mol. The number of rotatable bonds is 2. The van der Waals surface area contributed by atoms with E-state index in [1.54, 1.807) is 0 Å². The number of primary amides is 1. The second-order valence-electron chi connectivity index (χ2n) is 4.59. The first-order chi connectivity index (χ1) is 9.16. The molecule has 2 aromatic rings. The molecule has 0 bridgehead atoms. The Labute approximate surface area is 116 Å². The quantitative estimate of drug-likeness (QED) is 0.880. The van der Waals surface area contributed by atoms with Crippen molar-refractivity contribution in [2.45, 2.75) is 16.2 Å². The summed E-state index contributed by atoms with van der Waals surface area (Å²) in [7, 11) is 0. The third kappa shape index (κ3) is 2.13. The van der Waals surface area contributed by atoms with Gasteiger partial charge in [-0.1, -0.05) is 36.4 Å². The molecule has 3 rings (SSSR count). The minimum atomic E-state index is -0.360. The monoisotopic (exact) mass is 270 g/mol. The molecular weight excluding hydrogens is 256 g/mol. The summed E-state index contributed by atoms with van der Waals surface area (Å²) < 4.78 is 0. The molecule has 1 amide bonds. The van der Waals surface area contributed by atoms with Gasteiger partial charge in [0.25, 0.3) is 0 Å². The molecule has 19 heavy (non-hydrogen) atoms. The van der Waals surface area contributed by atoms with Crippen LogP contribution in [0.5, 0.6) is 0 Å². The van der Waals surface area contributed by atoms with Gasteiger partial charge in [0.15, 0.2) is 0 Å². The van der Waals surface area contributed by atoms with Gasteiger partial charge >= 0.3 is 0 Å². The van der Waals surface area contributed by atoms with E-state index in [9.17, 15) is 4.79 Å². The molecule has 2 unspecified atom stereocenters. The van der Waals surface area contributed by atoms with Crippen molar-refractivity contribution in [1.29, 1.82) is 0 Å². The molecule has 4 heteroatoms. The summed E-state index contributed by atoms with van der Waals surface area (Å²) in [6.45, 7) is 0. The maximum absolute atomic E-state index is 11.4. The van der Waals surface area contributed by atoms with Crippen LogP contribution in [-0.4, -0.2) is 11.2 Å². The van der Waals surface area contributed by atoms with Gasteiger partial charge in [0.1, 0.15) is 5.25 Å². The highest BCUT2D eigenvalue weighted by molar-refractivity contribution is 8.01. The Kier molecular flexibility index (Phi) is 3.05. The fourth-order valence-electron chi connectivity index (χ4n) is 2.33. The molecule has 4 N–H and O–H groups in total. The molecule has 0 aliphatic carbocycles. The highest BCUT2D eigenvalue weighted by Crippen LogP contribution is 2.44. The minimum Gasteiger partial charge on any atom is -0.369 e. The van der Waals surface area contributed by atoms with Crippen molar-refractivity contribution in [1.82, 2.24) is 0 Å². The molecule has 1 aliphatic rings. The Morgan fingerprint density at radius 3 is 2.47 bits per heavy atom. The molecule has 0 saturated carbocycles. The fraction of sp³-hybridized carbons (Fsp3) is 0.133. The summed E-state index contributed by atoms with van der Waals surface area (Å²) >= 11 is 1.46. The summed E-state index contributed by atoms with van der Waals surface area (Å²) in [5.41, 5.74) is 14.8. The highest BCUT2D eigenvalue weighted by atomic mass is 32.2. The molecule has 3 nitrogen and oxygen atoms in total. The third-order valence-corrected chi connectivity index (χ3v) is 4.74. The third-order valence-electron chi connectivity index (χ3n) is 3.34. The van der Waals surface area contributed by atoms with Crippen LogP contribution < -0.4 is 11.5 Å². The van der Waals surface area contributed by atoms with Crippen molar-refractivity contribution < 1.29 is 4.79 Å². The lowest BCUT2D eigenvalue weighted by molar-refractivity contribution is -0.117. The highest BCUT2D eigenvalue weighted by Gasteiger charge is 2.34. The molecule has 1 aliphatic heterocycles. The Bertz CT molecular complexity index is 627. The van der Waals surface area contributed by atoms with Crippen LogP contribution in [0, 0.1) is 0 Å². The molecule has 0 saturated heterocycles. The van der Waals surface area contributed by atoms with Gasteiger partial charge in [0.2, 0.25) is 5.91 Å². The topological polar surface area (TPSA) is 69.1 Å². The standard InChI is InChI=1S/C15H14N2OS/c16-13-11-8-10(9-4-2-1-3-5-9)6-7-12(11)19-14(13)15(17)18/h1-8,13-14H,16H2,(H2,17,18). The predicted octanol–water partition coefficient (Wildman–Crippen LogP) is 2.31. The number of carbonyl (C=O) groups is 1. The summed E-state index contributed by atoms with van der Waals surface area (Å²) in [6.07, 6.45) is 0. The fourth-order valence-corrected chi connectivity index (χ4v) is 3.50. The lowest BCUT2D eigenvalue weighted by atomic mass is 9.98. The van der Waals surface area contributed by atoms with Gasteiger partial charge in [-0.2, -0.15) is 0 Å². The first-order valence-electron chi connectivity index (χ1n) is 6.08. The molecule has 2 aromatic carbocycles. The first kappa shape index (κ1) is 12.3. The van der Waals surface area contributed by atoms with Crippen LogP contribution >= 0.6 is 11.8 Å².